The predicted octanol–water partition coefficient (Wildman–Crippen LogP) is 1.83. The van der Waals surface area contributed by atoms with Crippen molar-refractivity contribution in [3.63, 3.8) is 0 Å². The number of hydrogen-bond acceptors (Lipinski definition) is 4. The minimum absolute atomic E-state index is 0.0798. The highest BCUT2D eigenvalue weighted by atomic mass is 16.4. The molecule has 3 heterocycles. The number of aromatic carboxylic acids is 1. The van der Waals surface area contributed by atoms with E-state index in [1.807, 2.05) is 18.2 Å². The molecular formula is C18H17N5O3. The molecule has 1 aromatic carbocycles. The van der Waals surface area contributed by atoms with Gasteiger partial charge in [-0.05, 0) is 29.8 Å². The van der Waals surface area contributed by atoms with Gasteiger partial charge in [0, 0.05) is 33.0 Å². The van der Waals surface area contributed by atoms with E-state index < -0.39 is 5.97 Å². The van der Waals surface area contributed by atoms with Gasteiger partial charge in [0.15, 0.2) is 5.69 Å². The Bertz CT molecular complexity index is 1210. The van der Waals surface area contributed by atoms with Gasteiger partial charge in [0.2, 0.25) is 0 Å². The van der Waals surface area contributed by atoms with Gasteiger partial charge in [-0.25, -0.2) is 14.6 Å². The lowest BCUT2D eigenvalue weighted by Gasteiger charge is -2.11. The number of carboxylic acids is 1. The van der Waals surface area contributed by atoms with Gasteiger partial charge < -0.3 is 10.4 Å². The van der Waals surface area contributed by atoms with Crippen molar-refractivity contribution in [1.29, 1.82) is 0 Å². The SMILES string of the molecule is Cn1c(=O)n(C)c2cc(CNc3ccc4nccn4c3C(=O)O)ccc21. The van der Waals surface area contributed by atoms with Gasteiger partial charge in [0.1, 0.15) is 5.65 Å². The molecule has 0 bridgehead atoms. The third-order valence-corrected chi connectivity index (χ3v) is 4.59. The summed E-state index contributed by atoms with van der Waals surface area (Å²) in [6, 6.07) is 9.22. The average Bonchev–Trinajstić information content (AvgIpc) is 3.19. The maximum Gasteiger partial charge on any atom is 0.355 e. The molecule has 3 aromatic heterocycles. The van der Waals surface area contributed by atoms with E-state index >= 15 is 0 Å². The first-order chi connectivity index (χ1) is 12.5. The molecule has 26 heavy (non-hydrogen) atoms. The number of pyridine rings is 1. The second-order valence-electron chi connectivity index (χ2n) is 6.13. The summed E-state index contributed by atoms with van der Waals surface area (Å²) in [5.74, 6) is -1.03. The monoisotopic (exact) mass is 351 g/mol. The summed E-state index contributed by atoms with van der Waals surface area (Å²) in [6.45, 7) is 0.430. The van der Waals surface area contributed by atoms with Crippen LogP contribution in [0.15, 0.2) is 47.5 Å². The van der Waals surface area contributed by atoms with E-state index in [1.165, 1.54) is 4.40 Å². The van der Waals surface area contributed by atoms with Crippen LogP contribution in [-0.4, -0.2) is 29.6 Å². The van der Waals surface area contributed by atoms with Crippen molar-refractivity contribution in [3.8, 4) is 0 Å². The first-order valence-electron chi connectivity index (χ1n) is 8.05. The maximum absolute atomic E-state index is 12.0. The number of nitrogens with zero attached hydrogens (tertiary/aromatic N) is 4. The molecule has 0 aliphatic heterocycles. The number of fused-ring (bicyclic) bond motifs is 2. The first-order valence-corrected chi connectivity index (χ1v) is 8.05. The Labute approximate surface area is 147 Å². The highest BCUT2D eigenvalue weighted by Crippen LogP contribution is 2.20. The minimum Gasteiger partial charge on any atom is -0.476 e. The molecule has 4 rings (SSSR count). The zero-order chi connectivity index (χ0) is 18.4. The molecule has 0 amide bonds. The van der Waals surface area contributed by atoms with Crippen LogP contribution in [0.3, 0.4) is 0 Å². The smallest absolute Gasteiger partial charge is 0.355 e. The number of anilines is 1. The molecule has 0 aliphatic carbocycles. The fraction of sp³-hybridized carbons (Fsp3) is 0.167. The molecule has 132 valence electrons. The van der Waals surface area contributed by atoms with Crippen LogP contribution in [-0.2, 0) is 20.6 Å². The van der Waals surface area contributed by atoms with Gasteiger partial charge in [0.05, 0.1) is 16.7 Å². The average molecular weight is 351 g/mol. The fourth-order valence-electron chi connectivity index (χ4n) is 3.21. The van der Waals surface area contributed by atoms with Crippen LogP contribution in [0, 0.1) is 0 Å². The van der Waals surface area contributed by atoms with Crippen molar-refractivity contribution in [1.82, 2.24) is 18.5 Å². The molecule has 0 saturated heterocycles. The second-order valence-corrected chi connectivity index (χ2v) is 6.13. The Kier molecular flexibility index (Phi) is 3.54. The van der Waals surface area contributed by atoms with Crippen LogP contribution in [0.25, 0.3) is 16.7 Å². The van der Waals surface area contributed by atoms with E-state index in [9.17, 15) is 14.7 Å². The van der Waals surface area contributed by atoms with E-state index in [4.69, 9.17) is 0 Å². The standard InChI is InChI=1S/C18H17N5O3/c1-21-13-5-3-11(9-14(13)22(2)18(21)26)10-20-12-4-6-15-19-7-8-23(15)16(12)17(24)25/h3-9,20H,10H2,1-2H3,(H,24,25). The Morgan fingerprint density at radius 3 is 2.69 bits per heavy atom. The van der Waals surface area contributed by atoms with E-state index in [0.29, 0.717) is 17.9 Å². The number of nitrogens with one attached hydrogen (secondary N) is 1. The van der Waals surface area contributed by atoms with Crippen LogP contribution < -0.4 is 11.0 Å². The predicted molar refractivity (Wildman–Crippen MR) is 97.6 cm³/mol. The Morgan fingerprint density at radius 2 is 1.92 bits per heavy atom. The summed E-state index contributed by atoms with van der Waals surface area (Å²) < 4.78 is 4.73. The number of imidazole rings is 2. The van der Waals surface area contributed by atoms with Crippen molar-refractivity contribution in [2.24, 2.45) is 14.1 Å². The Hall–Kier alpha value is -3.55. The van der Waals surface area contributed by atoms with Gasteiger partial charge in [-0.3, -0.25) is 13.5 Å². The van der Waals surface area contributed by atoms with E-state index in [2.05, 4.69) is 10.3 Å². The van der Waals surface area contributed by atoms with Gasteiger partial charge in [-0.15, -0.1) is 0 Å². The molecule has 0 spiro atoms. The fourth-order valence-corrected chi connectivity index (χ4v) is 3.21. The number of rotatable bonds is 4. The van der Waals surface area contributed by atoms with Crippen molar-refractivity contribution >= 4 is 28.3 Å². The third kappa shape index (κ3) is 2.34. The Balaban J connectivity index is 1.69. The number of aryl methyl sites for hydroxylation is 2. The lowest BCUT2D eigenvalue weighted by Crippen LogP contribution is -2.19. The summed E-state index contributed by atoms with van der Waals surface area (Å²) in [6.07, 6.45) is 3.19. The minimum atomic E-state index is -1.03. The first kappa shape index (κ1) is 15.9. The molecule has 0 unspecified atom stereocenters. The number of carboxylic acid groups (broad SMARTS) is 1. The summed E-state index contributed by atoms with van der Waals surface area (Å²) in [4.78, 5) is 27.8. The van der Waals surface area contributed by atoms with Crippen LogP contribution >= 0.6 is 0 Å². The largest absolute Gasteiger partial charge is 0.476 e. The molecule has 0 aliphatic rings. The number of benzene rings is 1. The summed E-state index contributed by atoms with van der Waals surface area (Å²) in [5.41, 5.74) is 3.77. The van der Waals surface area contributed by atoms with Gasteiger partial charge in [0.25, 0.3) is 0 Å². The number of carbonyl (C=O) groups is 1. The van der Waals surface area contributed by atoms with Gasteiger partial charge >= 0.3 is 11.7 Å². The lowest BCUT2D eigenvalue weighted by molar-refractivity contribution is 0.0690. The van der Waals surface area contributed by atoms with Crippen LogP contribution in [0.4, 0.5) is 5.69 Å². The van der Waals surface area contributed by atoms with Crippen LogP contribution in [0.2, 0.25) is 0 Å². The maximum atomic E-state index is 12.0. The van der Waals surface area contributed by atoms with Crippen LogP contribution in [0.5, 0.6) is 0 Å². The van der Waals surface area contributed by atoms with Crippen molar-refractivity contribution in [2.45, 2.75) is 6.54 Å². The van der Waals surface area contributed by atoms with Crippen molar-refractivity contribution < 1.29 is 9.90 Å². The molecule has 0 saturated carbocycles. The normalized spacial score (nSPS) is 11.3. The van der Waals surface area contributed by atoms with E-state index in [0.717, 1.165) is 16.6 Å². The Morgan fingerprint density at radius 1 is 1.15 bits per heavy atom. The summed E-state index contributed by atoms with van der Waals surface area (Å²) in [7, 11) is 3.47. The van der Waals surface area contributed by atoms with E-state index in [-0.39, 0.29) is 11.4 Å². The second kappa shape index (κ2) is 5.76. The highest BCUT2D eigenvalue weighted by molar-refractivity contribution is 5.93. The zero-order valence-corrected chi connectivity index (χ0v) is 14.3. The van der Waals surface area contributed by atoms with Crippen LogP contribution in [0.1, 0.15) is 16.1 Å². The molecular weight excluding hydrogens is 334 g/mol. The van der Waals surface area contributed by atoms with Gasteiger partial charge in [-0.1, -0.05) is 6.07 Å². The van der Waals surface area contributed by atoms with Crippen molar-refractivity contribution in [2.75, 3.05) is 5.32 Å². The molecule has 8 nitrogen and oxygen atoms in total. The van der Waals surface area contributed by atoms with Gasteiger partial charge in [-0.2, -0.15) is 0 Å². The number of hydrogen-bond donors (Lipinski definition) is 2. The molecule has 0 radical (unpaired) electrons. The van der Waals surface area contributed by atoms with E-state index in [1.54, 1.807) is 47.8 Å². The molecule has 0 fully saturated rings. The highest BCUT2D eigenvalue weighted by Gasteiger charge is 2.15. The molecule has 4 aromatic rings. The molecule has 2 N–H and O–H groups in total. The zero-order valence-electron chi connectivity index (χ0n) is 14.3. The number of aromatic nitrogens is 4. The van der Waals surface area contributed by atoms with Crippen molar-refractivity contribution in [3.05, 3.63) is 64.5 Å². The lowest BCUT2D eigenvalue weighted by atomic mass is 10.2. The summed E-state index contributed by atoms with van der Waals surface area (Å²) >= 11 is 0. The third-order valence-electron chi connectivity index (χ3n) is 4.59. The molecule has 8 heteroatoms. The quantitative estimate of drug-likeness (QED) is 0.585. The topological polar surface area (TPSA) is 93.6 Å². The molecule has 0 atom stereocenters. The summed E-state index contributed by atoms with van der Waals surface area (Å²) in [5, 5.41) is 12.7.